The van der Waals surface area contributed by atoms with Gasteiger partial charge >= 0.3 is 0 Å². The molecule has 1 heterocycles. The highest BCUT2D eigenvalue weighted by Gasteiger charge is 2.23. The lowest BCUT2D eigenvalue weighted by Gasteiger charge is -2.28. The lowest BCUT2D eigenvalue weighted by atomic mass is 10.0. The van der Waals surface area contributed by atoms with Gasteiger partial charge in [-0.3, -0.25) is 9.69 Å². The molecule has 1 saturated heterocycles. The van der Waals surface area contributed by atoms with E-state index in [0.717, 1.165) is 13.1 Å². The molecule has 0 aliphatic carbocycles. The van der Waals surface area contributed by atoms with Crippen molar-refractivity contribution in [1.29, 1.82) is 0 Å². The molecule has 25 heavy (non-hydrogen) atoms. The summed E-state index contributed by atoms with van der Waals surface area (Å²) in [4.78, 5) is 14.5. The fourth-order valence-electron chi connectivity index (χ4n) is 2.95. The maximum absolute atomic E-state index is 12.0. The summed E-state index contributed by atoms with van der Waals surface area (Å²) in [6, 6.07) is 8.92. The van der Waals surface area contributed by atoms with Gasteiger partial charge in [0, 0.05) is 20.2 Å². The zero-order chi connectivity index (χ0) is 16.5. The van der Waals surface area contributed by atoms with E-state index in [2.05, 4.69) is 46.7 Å². The summed E-state index contributed by atoms with van der Waals surface area (Å²) in [5, 5.41) is 6.14. The average molecular weight is 392 g/mol. The molecule has 2 rings (SSSR count). The first-order chi connectivity index (χ1) is 11.2. The fraction of sp³-hybridized carbons (Fsp3) is 0.611. The molecule has 1 aromatic carbocycles. The monoisotopic (exact) mass is 391 g/mol. The first-order valence-electron chi connectivity index (χ1n) is 8.47. The second-order valence-corrected chi connectivity index (χ2v) is 6.14. The highest BCUT2D eigenvalue weighted by atomic mass is 35.5. The lowest BCUT2D eigenvalue weighted by Crippen LogP contribution is -2.40. The topological polar surface area (TPSA) is 53.6 Å². The Morgan fingerprint density at radius 3 is 2.44 bits per heavy atom. The van der Waals surface area contributed by atoms with Crippen molar-refractivity contribution in [2.24, 2.45) is 0 Å². The summed E-state index contributed by atoms with van der Waals surface area (Å²) < 4.78 is 4.96. The van der Waals surface area contributed by atoms with Gasteiger partial charge in [-0.15, -0.1) is 24.8 Å². The molecule has 5 nitrogen and oxygen atoms in total. The van der Waals surface area contributed by atoms with Crippen LogP contribution in [-0.4, -0.2) is 57.2 Å². The normalized spacial score (nSPS) is 15.1. The van der Waals surface area contributed by atoms with E-state index in [1.165, 1.54) is 24.0 Å². The number of ether oxygens (including phenoxy) is 1. The Kier molecular flexibility index (Phi) is 12.9. The zero-order valence-corrected chi connectivity index (χ0v) is 16.8. The van der Waals surface area contributed by atoms with Gasteiger partial charge in [0.05, 0.1) is 19.2 Å². The van der Waals surface area contributed by atoms with Crippen molar-refractivity contribution >= 4 is 30.7 Å². The van der Waals surface area contributed by atoms with E-state index < -0.39 is 0 Å². The van der Waals surface area contributed by atoms with E-state index in [9.17, 15) is 4.79 Å². The maximum Gasteiger partial charge on any atom is 0.234 e. The molecule has 0 bridgehead atoms. The number of amides is 1. The van der Waals surface area contributed by atoms with Crippen LogP contribution in [0.15, 0.2) is 24.3 Å². The lowest BCUT2D eigenvalue weighted by molar-refractivity contribution is -0.120. The van der Waals surface area contributed by atoms with Crippen molar-refractivity contribution in [2.45, 2.75) is 25.8 Å². The quantitative estimate of drug-likeness (QED) is 0.634. The molecule has 0 spiro atoms. The molecule has 7 heteroatoms. The largest absolute Gasteiger partial charge is 0.383 e. The number of aryl methyl sites for hydroxylation is 1. The Labute approximate surface area is 163 Å². The number of likely N-dealkylation sites (tertiary alicyclic amines) is 1. The summed E-state index contributed by atoms with van der Waals surface area (Å²) >= 11 is 0. The molecule has 2 N–H and O–H groups in total. The van der Waals surface area contributed by atoms with Crippen LogP contribution in [0.5, 0.6) is 0 Å². The molecule has 0 radical (unpaired) electrons. The predicted molar refractivity (Wildman–Crippen MR) is 107 cm³/mol. The minimum absolute atomic E-state index is 0. The van der Waals surface area contributed by atoms with Crippen LogP contribution in [0.3, 0.4) is 0 Å². The second-order valence-electron chi connectivity index (χ2n) is 6.14. The zero-order valence-electron chi connectivity index (χ0n) is 15.1. The first-order valence-corrected chi connectivity index (χ1v) is 8.47. The van der Waals surface area contributed by atoms with Gasteiger partial charge in [0.25, 0.3) is 0 Å². The van der Waals surface area contributed by atoms with Gasteiger partial charge in [-0.25, -0.2) is 0 Å². The minimum atomic E-state index is 0. The number of benzene rings is 1. The first kappa shape index (κ1) is 24.1. The fourth-order valence-corrected chi connectivity index (χ4v) is 2.95. The molecule has 144 valence electrons. The molecule has 1 amide bonds. The van der Waals surface area contributed by atoms with Crippen LogP contribution in [-0.2, 0) is 9.53 Å². The van der Waals surface area contributed by atoms with Crippen LogP contribution < -0.4 is 10.6 Å². The third-order valence-corrected chi connectivity index (χ3v) is 4.30. The van der Waals surface area contributed by atoms with Gasteiger partial charge in [0.15, 0.2) is 0 Å². The van der Waals surface area contributed by atoms with Gasteiger partial charge in [0.2, 0.25) is 5.91 Å². The molecule has 1 unspecified atom stereocenters. The molecule has 1 aromatic rings. The summed E-state index contributed by atoms with van der Waals surface area (Å²) in [6.45, 7) is 6.63. The molecule has 1 aliphatic heterocycles. The van der Waals surface area contributed by atoms with Gasteiger partial charge in [-0.05, 0) is 38.4 Å². The Morgan fingerprint density at radius 2 is 1.84 bits per heavy atom. The Hall–Kier alpha value is -0.850. The Bertz CT molecular complexity index is 480. The minimum Gasteiger partial charge on any atom is -0.383 e. The van der Waals surface area contributed by atoms with Crippen molar-refractivity contribution in [3.05, 3.63) is 35.4 Å². The van der Waals surface area contributed by atoms with Crippen LogP contribution in [0.1, 0.15) is 30.0 Å². The summed E-state index contributed by atoms with van der Waals surface area (Å²) in [5.74, 6) is 0.0393. The van der Waals surface area contributed by atoms with E-state index in [0.29, 0.717) is 26.2 Å². The smallest absolute Gasteiger partial charge is 0.234 e. The molecule has 1 atom stereocenters. The number of nitrogens with one attached hydrogen (secondary N) is 2. The van der Waals surface area contributed by atoms with E-state index >= 15 is 0 Å². The number of methoxy groups -OCH3 is 1. The molecule has 1 fully saturated rings. The van der Waals surface area contributed by atoms with Crippen LogP contribution >= 0.6 is 24.8 Å². The summed E-state index contributed by atoms with van der Waals surface area (Å²) in [6.07, 6.45) is 2.49. The number of hydrogen-bond donors (Lipinski definition) is 2. The van der Waals surface area contributed by atoms with Crippen LogP contribution in [0.25, 0.3) is 0 Å². The maximum atomic E-state index is 12.0. The molecule has 1 aliphatic rings. The third kappa shape index (κ3) is 8.38. The summed E-state index contributed by atoms with van der Waals surface area (Å²) in [5.41, 5.74) is 2.55. The van der Waals surface area contributed by atoms with Gasteiger partial charge < -0.3 is 15.4 Å². The number of nitrogens with zero attached hydrogens (tertiary/aromatic N) is 1. The van der Waals surface area contributed by atoms with Crippen molar-refractivity contribution in [3.63, 3.8) is 0 Å². The Morgan fingerprint density at radius 1 is 1.20 bits per heavy atom. The van der Waals surface area contributed by atoms with E-state index in [4.69, 9.17) is 4.74 Å². The standard InChI is InChI=1S/C18H29N3O2.2ClH/c1-15-5-7-16(8-6-15)17(21-10-3-4-11-21)13-20-18(22)14-19-9-12-23-2;;/h5-8,17,19H,3-4,9-14H2,1-2H3,(H,20,22);2*1H. The molecular weight excluding hydrogens is 361 g/mol. The van der Waals surface area contributed by atoms with Crippen LogP contribution in [0.2, 0.25) is 0 Å². The van der Waals surface area contributed by atoms with Crippen molar-refractivity contribution < 1.29 is 9.53 Å². The molecule has 0 saturated carbocycles. The highest BCUT2D eigenvalue weighted by Crippen LogP contribution is 2.24. The number of carbonyl (C=O) groups is 1. The van der Waals surface area contributed by atoms with Gasteiger partial charge in [-0.1, -0.05) is 29.8 Å². The highest BCUT2D eigenvalue weighted by molar-refractivity contribution is 5.85. The number of halogens is 2. The van der Waals surface area contributed by atoms with Gasteiger partial charge in [0.1, 0.15) is 0 Å². The molecule has 0 aromatic heterocycles. The second kappa shape index (κ2) is 13.4. The van der Waals surface area contributed by atoms with Crippen LogP contribution in [0.4, 0.5) is 0 Å². The van der Waals surface area contributed by atoms with Crippen LogP contribution in [0, 0.1) is 6.92 Å². The SMILES string of the molecule is COCCNCC(=O)NCC(c1ccc(C)cc1)N1CCCC1.Cl.Cl. The summed E-state index contributed by atoms with van der Waals surface area (Å²) in [7, 11) is 1.66. The van der Waals surface area contributed by atoms with E-state index in [1.54, 1.807) is 7.11 Å². The van der Waals surface area contributed by atoms with Crippen molar-refractivity contribution in [2.75, 3.05) is 46.4 Å². The number of rotatable bonds is 9. The third-order valence-electron chi connectivity index (χ3n) is 4.30. The molecular formula is C18H31Cl2N3O2. The van der Waals surface area contributed by atoms with E-state index in [1.807, 2.05) is 0 Å². The predicted octanol–water partition coefficient (Wildman–Crippen LogP) is 2.33. The number of hydrogen-bond acceptors (Lipinski definition) is 4. The van der Waals surface area contributed by atoms with Crippen molar-refractivity contribution in [1.82, 2.24) is 15.5 Å². The Balaban J connectivity index is 0.00000288. The average Bonchev–Trinajstić information content (AvgIpc) is 3.08. The van der Waals surface area contributed by atoms with Crippen molar-refractivity contribution in [3.8, 4) is 0 Å². The van der Waals surface area contributed by atoms with Gasteiger partial charge in [-0.2, -0.15) is 0 Å². The number of carbonyl (C=O) groups excluding carboxylic acids is 1. The van der Waals surface area contributed by atoms with E-state index in [-0.39, 0.29) is 36.8 Å².